The van der Waals surface area contributed by atoms with Crippen LogP contribution in [0.4, 0.5) is 26.4 Å². The number of benzene rings is 1. The molecule has 0 saturated heterocycles. The van der Waals surface area contributed by atoms with E-state index >= 15 is 0 Å². The molecule has 0 atom stereocenters. The Labute approximate surface area is 116 Å². The molecule has 0 saturated carbocycles. The molecule has 3 aromatic rings. The van der Waals surface area contributed by atoms with Gasteiger partial charge in [0, 0.05) is 0 Å². The lowest BCUT2D eigenvalue weighted by atomic mass is 10.3. The summed E-state index contributed by atoms with van der Waals surface area (Å²) in [6, 6.07) is 3.46. The maximum Gasteiger partial charge on any atom is 0.258 e. The number of nitrogens with one attached hydrogen (secondary N) is 1. The van der Waals surface area contributed by atoms with Gasteiger partial charge in [0.2, 0.25) is 11.9 Å². The molecule has 0 spiro atoms. The van der Waals surface area contributed by atoms with Crippen molar-refractivity contribution in [2.75, 3.05) is 11.1 Å². The van der Waals surface area contributed by atoms with E-state index in [2.05, 4.69) is 30.4 Å². The van der Waals surface area contributed by atoms with E-state index in [-0.39, 0.29) is 23.5 Å². The quantitative estimate of drug-likeness (QED) is 0.742. The van der Waals surface area contributed by atoms with Gasteiger partial charge in [-0.1, -0.05) is 6.07 Å². The highest BCUT2D eigenvalue weighted by atomic mass is 19.1. The highest BCUT2D eigenvalue weighted by molar-refractivity contribution is 5.56. The second-order valence-electron chi connectivity index (χ2n) is 3.88. The van der Waals surface area contributed by atoms with Gasteiger partial charge < -0.3 is 11.1 Å². The molecule has 0 amide bonds. The van der Waals surface area contributed by atoms with Crippen molar-refractivity contribution < 1.29 is 8.78 Å². The summed E-state index contributed by atoms with van der Waals surface area (Å²) in [5.41, 5.74) is 5.16. The molecular weight excluding hydrogens is 282 g/mol. The summed E-state index contributed by atoms with van der Waals surface area (Å²) in [4.78, 5) is 15.3. The van der Waals surface area contributed by atoms with Gasteiger partial charge in [-0.2, -0.15) is 24.7 Å². The third-order valence-corrected chi connectivity index (χ3v) is 2.46. The fourth-order valence-corrected chi connectivity index (χ4v) is 1.58. The van der Waals surface area contributed by atoms with Gasteiger partial charge in [0.1, 0.15) is 30.0 Å². The van der Waals surface area contributed by atoms with Crippen molar-refractivity contribution >= 4 is 17.6 Å². The predicted octanol–water partition coefficient (Wildman–Crippen LogP) is 1.06. The van der Waals surface area contributed by atoms with Gasteiger partial charge in [-0.25, -0.2) is 13.8 Å². The summed E-state index contributed by atoms with van der Waals surface area (Å²) in [5.74, 6) is -1.74. The van der Waals surface area contributed by atoms with Crippen LogP contribution in [0.5, 0.6) is 0 Å². The maximum atomic E-state index is 13.6. The van der Waals surface area contributed by atoms with E-state index in [0.717, 1.165) is 12.1 Å². The van der Waals surface area contributed by atoms with E-state index in [1.807, 2.05) is 0 Å². The molecule has 3 N–H and O–H groups in total. The van der Waals surface area contributed by atoms with Crippen LogP contribution >= 0.6 is 0 Å². The maximum absolute atomic E-state index is 13.6. The van der Waals surface area contributed by atoms with Crippen molar-refractivity contribution in [2.24, 2.45) is 0 Å². The summed E-state index contributed by atoms with van der Waals surface area (Å²) in [7, 11) is 0. The van der Waals surface area contributed by atoms with E-state index in [4.69, 9.17) is 5.73 Å². The highest BCUT2D eigenvalue weighted by Crippen LogP contribution is 2.21. The summed E-state index contributed by atoms with van der Waals surface area (Å²) < 4.78 is 28.4. The van der Waals surface area contributed by atoms with Gasteiger partial charge in [0.15, 0.2) is 0 Å². The van der Waals surface area contributed by atoms with E-state index in [9.17, 15) is 8.78 Å². The van der Waals surface area contributed by atoms with E-state index in [1.54, 1.807) is 0 Å². The van der Waals surface area contributed by atoms with Crippen LogP contribution in [0.25, 0.3) is 5.95 Å². The van der Waals surface area contributed by atoms with E-state index in [0.29, 0.717) is 0 Å². The van der Waals surface area contributed by atoms with Crippen molar-refractivity contribution in [1.29, 1.82) is 0 Å². The minimum absolute atomic E-state index is 0.0687. The number of aromatic nitrogens is 6. The second kappa shape index (κ2) is 5.07. The van der Waals surface area contributed by atoms with Gasteiger partial charge in [0.25, 0.3) is 5.95 Å². The lowest BCUT2D eigenvalue weighted by Crippen LogP contribution is -2.10. The Morgan fingerprint density at radius 1 is 1.10 bits per heavy atom. The average molecular weight is 290 g/mol. The average Bonchev–Trinajstić information content (AvgIpc) is 2.97. The van der Waals surface area contributed by atoms with Gasteiger partial charge in [-0.3, -0.25) is 0 Å². The SMILES string of the molecule is Nc1nc(Nc2c(F)cccc2F)nc(-n2cncn2)n1. The third-order valence-electron chi connectivity index (χ3n) is 2.46. The number of hydrogen-bond donors (Lipinski definition) is 2. The Morgan fingerprint density at radius 3 is 2.52 bits per heavy atom. The van der Waals surface area contributed by atoms with Crippen LogP contribution in [-0.2, 0) is 0 Å². The molecule has 106 valence electrons. The van der Waals surface area contributed by atoms with Crippen LogP contribution in [0.15, 0.2) is 30.9 Å². The molecule has 8 nitrogen and oxygen atoms in total. The Morgan fingerprint density at radius 2 is 1.86 bits per heavy atom. The van der Waals surface area contributed by atoms with Gasteiger partial charge in [0.05, 0.1) is 0 Å². The summed E-state index contributed by atoms with van der Waals surface area (Å²) in [6.07, 6.45) is 2.63. The number of hydrogen-bond acceptors (Lipinski definition) is 7. The standard InChI is InChI=1S/C11H8F2N8/c12-6-2-1-3-7(13)8(6)17-10-18-9(14)19-11(20-10)21-5-15-4-16-21/h1-5H,(H3,14,17,18,19,20). The Kier molecular flexibility index (Phi) is 3.10. The number of para-hydroxylation sites is 1. The van der Waals surface area contributed by atoms with Crippen molar-refractivity contribution in [3.8, 4) is 5.95 Å². The molecule has 0 unspecified atom stereocenters. The van der Waals surface area contributed by atoms with Crippen molar-refractivity contribution in [3.05, 3.63) is 42.5 Å². The molecule has 2 aromatic heterocycles. The van der Waals surface area contributed by atoms with Crippen molar-refractivity contribution in [3.63, 3.8) is 0 Å². The topological polar surface area (TPSA) is 107 Å². The molecule has 3 rings (SSSR count). The first-order valence-electron chi connectivity index (χ1n) is 5.71. The molecule has 10 heteroatoms. The van der Waals surface area contributed by atoms with Crippen LogP contribution in [-0.4, -0.2) is 29.7 Å². The lowest BCUT2D eigenvalue weighted by molar-refractivity contribution is 0.590. The molecule has 0 aliphatic rings. The van der Waals surface area contributed by atoms with Crippen LogP contribution in [0.2, 0.25) is 0 Å². The minimum atomic E-state index is -0.781. The number of nitrogen functional groups attached to an aromatic ring is 1. The zero-order valence-corrected chi connectivity index (χ0v) is 10.4. The molecule has 21 heavy (non-hydrogen) atoms. The van der Waals surface area contributed by atoms with Crippen molar-refractivity contribution in [2.45, 2.75) is 0 Å². The molecular formula is C11H8F2N8. The normalized spacial score (nSPS) is 10.6. The Balaban J connectivity index is 2.00. The van der Waals surface area contributed by atoms with Gasteiger partial charge >= 0.3 is 0 Å². The van der Waals surface area contributed by atoms with Crippen LogP contribution < -0.4 is 11.1 Å². The van der Waals surface area contributed by atoms with E-state index < -0.39 is 11.6 Å². The Bertz CT molecular complexity index is 754. The second-order valence-corrected chi connectivity index (χ2v) is 3.88. The van der Waals surface area contributed by atoms with Gasteiger partial charge in [-0.15, -0.1) is 0 Å². The van der Waals surface area contributed by atoms with Crippen LogP contribution in [0.1, 0.15) is 0 Å². The minimum Gasteiger partial charge on any atom is -0.368 e. The first-order chi connectivity index (χ1) is 10.1. The zero-order chi connectivity index (χ0) is 14.8. The van der Waals surface area contributed by atoms with E-state index in [1.165, 1.54) is 23.4 Å². The molecule has 0 fully saturated rings. The fraction of sp³-hybridized carbons (Fsp3) is 0. The smallest absolute Gasteiger partial charge is 0.258 e. The van der Waals surface area contributed by atoms with Gasteiger partial charge in [-0.05, 0) is 12.1 Å². The molecule has 1 aromatic carbocycles. The van der Waals surface area contributed by atoms with Crippen LogP contribution in [0, 0.1) is 11.6 Å². The number of rotatable bonds is 3. The van der Waals surface area contributed by atoms with Crippen molar-refractivity contribution in [1.82, 2.24) is 29.7 Å². The monoisotopic (exact) mass is 290 g/mol. The lowest BCUT2D eigenvalue weighted by Gasteiger charge is -2.08. The molecule has 0 radical (unpaired) electrons. The number of nitrogens with two attached hydrogens (primary N) is 1. The highest BCUT2D eigenvalue weighted by Gasteiger charge is 2.12. The zero-order valence-electron chi connectivity index (χ0n) is 10.4. The largest absolute Gasteiger partial charge is 0.368 e. The number of nitrogens with zero attached hydrogens (tertiary/aromatic N) is 6. The molecule has 2 heterocycles. The number of anilines is 3. The first-order valence-corrected chi connectivity index (χ1v) is 5.71. The third kappa shape index (κ3) is 2.59. The summed E-state index contributed by atoms with van der Waals surface area (Å²) in [6.45, 7) is 0. The summed E-state index contributed by atoms with van der Waals surface area (Å²) in [5, 5.41) is 6.26. The predicted molar refractivity (Wildman–Crippen MR) is 68.8 cm³/mol. The fourth-order valence-electron chi connectivity index (χ4n) is 1.58. The number of halogens is 2. The first kappa shape index (κ1) is 12.8. The molecule has 0 aliphatic heterocycles. The Hall–Kier alpha value is -3.17. The molecule has 0 bridgehead atoms. The molecule has 0 aliphatic carbocycles. The summed E-state index contributed by atoms with van der Waals surface area (Å²) >= 11 is 0. The van der Waals surface area contributed by atoms with Crippen LogP contribution in [0.3, 0.4) is 0 Å².